The predicted molar refractivity (Wildman–Crippen MR) is 91.0 cm³/mol. The van der Waals surface area contributed by atoms with Gasteiger partial charge in [0.15, 0.2) is 0 Å². The maximum Gasteiger partial charge on any atom is 0.247 e. The molecule has 2 aromatic carbocycles. The topological polar surface area (TPSA) is 57.7 Å². The minimum absolute atomic E-state index is 0.126. The van der Waals surface area contributed by atoms with Gasteiger partial charge in [0, 0.05) is 7.05 Å². The van der Waals surface area contributed by atoms with Crippen LogP contribution in [0.1, 0.15) is 11.1 Å². The van der Waals surface area contributed by atoms with Crippen LogP contribution in [0.15, 0.2) is 48.5 Å². The standard InChI is InChI=1S/C17H18N2O3S/c1-13-7-9-14(10-8-13)12-23(21,22)19-11-17(20)18(2)15-5-3-4-6-16(15)19/h3-10H,11-12H2,1-2H3. The van der Waals surface area contributed by atoms with E-state index in [1.165, 1.54) is 9.21 Å². The van der Waals surface area contributed by atoms with Crippen LogP contribution >= 0.6 is 0 Å². The fourth-order valence-corrected chi connectivity index (χ4v) is 4.16. The van der Waals surface area contributed by atoms with E-state index in [0.717, 1.165) is 5.56 Å². The minimum Gasteiger partial charge on any atom is -0.312 e. The number of likely N-dealkylation sites (N-methyl/N-ethyl adjacent to an activating group) is 1. The van der Waals surface area contributed by atoms with Crippen molar-refractivity contribution in [1.82, 2.24) is 0 Å². The SMILES string of the molecule is Cc1ccc(CS(=O)(=O)N2CC(=O)N(C)c3ccccc32)cc1. The second-order valence-corrected chi connectivity index (χ2v) is 7.58. The van der Waals surface area contributed by atoms with E-state index in [-0.39, 0.29) is 18.2 Å². The summed E-state index contributed by atoms with van der Waals surface area (Å²) < 4.78 is 26.8. The Labute approximate surface area is 136 Å². The summed E-state index contributed by atoms with van der Waals surface area (Å²) >= 11 is 0. The summed E-state index contributed by atoms with van der Waals surface area (Å²) in [5, 5.41) is 0. The lowest BCUT2D eigenvalue weighted by Crippen LogP contribution is -2.46. The van der Waals surface area contributed by atoms with Gasteiger partial charge in [0.25, 0.3) is 0 Å². The molecule has 2 aromatic rings. The van der Waals surface area contributed by atoms with E-state index in [0.29, 0.717) is 16.9 Å². The third-order valence-corrected chi connectivity index (χ3v) is 5.67. The molecule has 1 aliphatic rings. The molecule has 0 N–H and O–H groups in total. The molecule has 0 saturated heterocycles. The lowest BCUT2D eigenvalue weighted by Gasteiger charge is -2.34. The molecule has 0 fully saturated rings. The Bertz CT molecular complexity index is 844. The molecule has 0 saturated carbocycles. The van der Waals surface area contributed by atoms with Gasteiger partial charge in [-0.1, -0.05) is 42.0 Å². The van der Waals surface area contributed by atoms with Crippen molar-refractivity contribution < 1.29 is 13.2 Å². The van der Waals surface area contributed by atoms with Gasteiger partial charge >= 0.3 is 0 Å². The van der Waals surface area contributed by atoms with E-state index in [2.05, 4.69) is 0 Å². The van der Waals surface area contributed by atoms with Crippen LogP contribution in [-0.4, -0.2) is 27.9 Å². The Morgan fingerprint density at radius 3 is 2.26 bits per heavy atom. The lowest BCUT2D eigenvalue weighted by atomic mass is 10.2. The number of fused-ring (bicyclic) bond motifs is 1. The van der Waals surface area contributed by atoms with Crippen LogP contribution in [0.2, 0.25) is 0 Å². The highest BCUT2D eigenvalue weighted by Gasteiger charge is 2.33. The van der Waals surface area contributed by atoms with Crippen LogP contribution in [-0.2, 0) is 20.6 Å². The molecule has 0 radical (unpaired) electrons. The second kappa shape index (κ2) is 5.70. The van der Waals surface area contributed by atoms with E-state index >= 15 is 0 Å². The summed E-state index contributed by atoms with van der Waals surface area (Å²) in [6.45, 7) is 1.79. The molecule has 0 aromatic heterocycles. The number of carbonyl (C=O) groups is 1. The van der Waals surface area contributed by atoms with Crippen molar-refractivity contribution in [3.63, 3.8) is 0 Å². The molecule has 0 atom stereocenters. The zero-order chi connectivity index (χ0) is 16.6. The second-order valence-electron chi connectivity index (χ2n) is 5.69. The Morgan fingerprint density at radius 2 is 1.61 bits per heavy atom. The maximum atomic E-state index is 12.8. The summed E-state index contributed by atoms with van der Waals surface area (Å²) in [5.41, 5.74) is 2.93. The highest BCUT2D eigenvalue weighted by Crippen LogP contribution is 2.34. The number of amides is 1. The number of para-hydroxylation sites is 2. The van der Waals surface area contributed by atoms with Gasteiger partial charge in [-0.3, -0.25) is 9.10 Å². The summed E-state index contributed by atoms with van der Waals surface area (Å²) in [6, 6.07) is 14.4. The maximum absolute atomic E-state index is 12.8. The third kappa shape index (κ3) is 2.94. The zero-order valence-electron chi connectivity index (χ0n) is 13.1. The van der Waals surface area contributed by atoms with Crippen molar-refractivity contribution in [2.75, 3.05) is 22.8 Å². The quantitative estimate of drug-likeness (QED) is 0.868. The van der Waals surface area contributed by atoms with E-state index < -0.39 is 10.0 Å². The van der Waals surface area contributed by atoms with Crippen LogP contribution in [0.5, 0.6) is 0 Å². The van der Waals surface area contributed by atoms with E-state index in [9.17, 15) is 13.2 Å². The van der Waals surface area contributed by atoms with Gasteiger partial charge in [-0.25, -0.2) is 8.42 Å². The molecule has 120 valence electrons. The smallest absolute Gasteiger partial charge is 0.247 e. The number of carbonyl (C=O) groups excluding carboxylic acids is 1. The van der Waals surface area contributed by atoms with Crippen molar-refractivity contribution in [3.8, 4) is 0 Å². The fraction of sp³-hybridized carbons (Fsp3) is 0.235. The van der Waals surface area contributed by atoms with Gasteiger partial charge in [-0.2, -0.15) is 0 Å². The number of benzene rings is 2. The molecule has 0 aliphatic carbocycles. The average molecular weight is 330 g/mol. The molecule has 6 heteroatoms. The molecule has 0 spiro atoms. The zero-order valence-corrected chi connectivity index (χ0v) is 13.9. The predicted octanol–water partition coefficient (Wildman–Crippen LogP) is 2.31. The molecule has 5 nitrogen and oxygen atoms in total. The Balaban J connectivity index is 1.98. The first kappa shape index (κ1) is 15.6. The van der Waals surface area contributed by atoms with Crippen molar-refractivity contribution >= 4 is 27.3 Å². The Kier molecular flexibility index (Phi) is 3.85. The first-order valence-corrected chi connectivity index (χ1v) is 8.91. The van der Waals surface area contributed by atoms with Gasteiger partial charge in [0.05, 0.1) is 17.1 Å². The molecule has 23 heavy (non-hydrogen) atoms. The summed E-state index contributed by atoms with van der Waals surface area (Å²) in [7, 11) is -1.98. The number of aryl methyl sites for hydroxylation is 1. The molecular weight excluding hydrogens is 312 g/mol. The summed E-state index contributed by atoms with van der Waals surface area (Å²) in [6.07, 6.45) is 0. The van der Waals surface area contributed by atoms with Gasteiger partial charge < -0.3 is 4.90 Å². The molecule has 0 unspecified atom stereocenters. The van der Waals surface area contributed by atoms with Crippen LogP contribution in [0.25, 0.3) is 0 Å². The number of hydrogen-bond acceptors (Lipinski definition) is 3. The molecule has 1 aliphatic heterocycles. The molecule has 1 heterocycles. The minimum atomic E-state index is -3.63. The van der Waals surface area contributed by atoms with Crippen LogP contribution in [0, 0.1) is 6.92 Å². The number of anilines is 2. The van der Waals surface area contributed by atoms with Gasteiger partial charge in [0.2, 0.25) is 15.9 Å². The van der Waals surface area contributed by atoms with Crippen molar-refractivity contribution in [2.45, 2.75) is 12.7 Å². The first-order valence-electron chi connectivity index (χ1n) is 7.30. The van der Waals surface area contributed by atoms with E-state index in [1.54, 1.807) is 43.4 Å². The highest BCUT2D eigenvalue weighted by molar-refractivity contribution is 7.92. The monoisotopic (exact) mass is 330 g/mol. The van der Waals surface area contributed by atoms with E-state index in [1.807, 2.05) is 19.1 Å². The lowest BCUT2D eigenvalue weighted by molar-refractivity contribution is -0.117. The Hall–Kier alpha value is -2.34. The summed E-state index contributed by atoms with van der Waals surface area (Å²) in [4.78, 5) is 13.6. The Morgan fingerprint density at radius 1 is 1.00 bits per heavy atom. The average Bonchev–Trinajstić information content (AvgIpc) is 2.53. The van der Waals surface area contributed by atoms with Crippen LogP contribution in [0.3, 0.4) is 0 Å². The normalized spacial score (nSPS) is 14.8. The van der Waals surface area contributed by atoms with Crippen molar-refractivity contribution in [2.24, 2.45) is 0 Å². The molecule has 0 bridgehead atoms. The van der Waals surface area contributed by atoms with Crippen LogP contribution in [0.4, 0.5) is 11.4 Å². The van der Waals surface area contributed by atoms with E-state index in [4.69, 9.17) is 0 Å². The first-order chi connectivity index (χ1) is 10.9. The van der Waals surface area contributed by atoms with Gasteiger partial charge in [0.1, 0.15) is 6.54 Å². The summed E-state index contributed by atoms with van der Waals surface area (Å²) in [5.74, 6) is -0.366. The largest absolute Gasteiger partial charge is 0.312 e. The van der Waals surface area contributed by atoms with Crippen molar-refractivity contribution in [1.29, 1.82) is 0 Å². The van der Waals surface area contributed by atoms with Crippen LogP contribution < -0.4 is 9.21 Å². The number of nitrogens with zero attached hydrogens (tertiary/aromatic N) is 2. The highest BCUT2D eigenvalue weighted by atomic mass is 32.2. The number of hydrogen-bond donors (Lipinski definition) is 0. The van der Waals surface area contributed by atoms with Gasteiger partial charge in [-0.15, -0.1) is 0 Å². The molecular formula is C17H18N2O3S. The van der Waals surface area contributed by atoms with Crippen molar-refractivity contribution in [3.05, 3.63) is 59.7 Å². The molecule has 1 amide bonds. The number of rotatable bonds is 3. The fourth-order valence-electron chi connectivity index (χ4n) is 2.63. The number of sulfonamides is 1. The van der Waals surface area contributed by atoms with Gasteiger partial charge in [-0.05, 0) is 24.6 Å². The molecule has 3 rings (SSSR count). The third-order valence-electron chi connectivity index (χ3n) is 3.97.